The molecule has 0 aromatic carbocycles. The van der Waals surface area contributed by atoms with Crippen molar-refractivity contribution in [3.05, 3.63) is 22.6 Å². The molecular weight excluding hydrogens is 326 g/mol. The van der Waals surface area contributed by atoms with Gasteiger partial charge in [-0.05, 0) is 66.0 Å². The maximum atomic E-state index is 6.10. The van der Waals surface area contributed by atoms with Gasteiger partial charge in [0.1, 0.15) is 5.76 Å². The van der Waals surface area contributed by atoms with E-state index in [2.05, 4.69) is 27.3 Å². The summed E-state index contributed by atoms with van der Waals surface area (Å²) in [5.41, 5.74) is 0.131. The van der Waals surface area contributed by atoms with Gasteiger partial charge in [0.05, 0.1) is 11.6 Å². The lowest BCUT2D eigenvalue weighted by Crippen LogP contribution is -2.43. The van der Waals surface area contributed by atoms with E-state index < -0.39 is 0 Å². The highest BCUT2D eigenvalue weighted by Crippen LogP contribution is 2.44. The number of thioether (sulfide) groups is 1. The standard InChI is InChI=1S/C14H20BrNO2S/c1-16-13(11-2-3-12(15)18-11)10-4-6-17-14(8-10)5-7-19-9-14/h2-3,10,13,16H,4-9H2,1H3. The second kappa shape index (κ2) is 5.80. The number of nitrogens with one attached hydrogen (secondary N) is 1. The first kappa shape index (κ1) is 14.0. The Balaban J connectivity index is 1.76. The fourth-order valence-electron chi connectivity index (χ4n) is 3.32. The first-order valence-electron chi connectivity index (χ1n) is 6.87. The van der Waals surface area contributed by atoms with Crippen LogP contribution >= 0.6 is 27.7 Å². The molecule has 3 atom stereocenters. The zero-order valence-corrected chi connectivity index (χ0v) is 13.6. The van der Waals surface area contributed by atoms with Gasteiger partial charge in [-0.25, -0.2) is 0 Å². The van der Waals surface area contributed by atoms with Crippen LogP contribution in [0, 0.1) is 5.92 Å². The third-order valence-electron chi connectivity index (χ3n) is 4.28. The molecule has 3 heterocycles. The van der Waals surface area contributed by atoms with Gasteiger partial charge in [-0.15, -0.1) is 0 Å². The van der Waals surface area contributed by atoms with Crippen LogP contribution in [0.5, 0.6) is 0 Å². The summed E-state index contributed by atoms with van der Waals surface area (Å²) >= 11 is 5.42. The first-order chi connectivity index (χ1) is 9.22. The molecule has 1 N–H and O–H groups in total. The molecule has 0 bridgehead atoms. The molecule has 0 saturated carbocycles. The van der Waals surface area contributed by atoms with Gasteiger partial charge in [0.2, 0.25) is 0 Å². The van der Waals surface area contributed by atoms with E-state index in [-0.39, 0.29) is 11.6 Å². The summed E-state index contributed by atoms with van der Waals surface area (Å²) in [7, 11) is 2.02. The number of halogens is 1. The lowest BCUT2D eigenvalue weighted by Gasteiger charge is -2.40. The molecule has 1 aromatic rings. The summed E-state index contributed by atoms with van der Waals surface area (Å²) in [4.78, 5) is 0. The molecule has 2 saturated heterocycles. The monoisotopic (exact) mass is 345 g/mol. The number of hydrogen-bond acceptors (Lipinski definition) is 4. The Hall–Kier alpha value is 0.0300. The number of furan rings is 1. The Morgan fingerprint density at radius 3 is 3.05 bits per heavy atom. The van der Waals surface area contributed by atoms with Crippen LogP contribution < -0.4 is 5.32 Å². The molecule has 3 unspecified atom stereocenters. The quantitative estimate of drug-likeness (QED) is 0.907. The minimum atomic E-state index is 0.131. The molecule has 5 heteroatoms. The molecule has 106 valence electrons. The van der Waals surface area contributed by atoms with Gasteiger partial charge in [-0.2, -0.15) is 11.8 Å². The second-order valence-electron chi connectivity index (χ2n) is 5.50. The van der Waals surface area contributed by atoms with E-state index in [0.29, 0.717) is 5.92 Å². The zero-order valence-electron chi connectivity index (χ0n) is 11.2. The Morgan fingerprint density at radius 2 is 2.42 bits per heavy atom. The smallest absolute Gasteiger partial charge is 0.169 e. The molecule has 2 aliphatic rings. The Labute approximate surface area is 127 Å². The van der Waals surface area contributed by atoms with Gasteiger partial charge < -0.3 is 14.5 Å². The molecule has 3 nitrogen and oxygen atoms in total. The van der Waals surface area contributed by atoms with E-state index in [1.54, 1.807) is 0 Å². The summed E-state index contributed by atoms with van der Waals surface area (Å²) in [6.07, 6.45) is 3.45. The van der Waals surface area contributed by atoms with Gasteiger partial charge in [0.25, 0.3) is 0 Å². The predicted molar refractivity (Wildman–Crippen MR) is 81.6 cm³/mol. The Bertz CT molecular complexity index is 431. The van der Waals surface area contributed by atoms with Crippen LogP contribution in [0.3, 0.4) is 0 Å². The minimum Gasteiger partial charge on any atom is -0.453 e. The summed E-state index contributed by atoms with van der Waals surface area (Å²) in [5, 5.41) is 3.43. The summed E-state index contributed by atoms with van der Waals surface area (Å²) in [6, 6.07) is 4.33. The van der Waals surface area contributed by atoms with E-state index in [9.17, 15) is 0 Å². The van der Waals surface area contributed by atoms with E-state index in [0.717, 1.165) is 35.6 Å². The normalized spacial score (nSPS) is 32.8. The maximum absolute atomic E-state index is 6.10. The number of rotatable bonds is 3. The molecule has 1 spiro atoms. The molecule has 1 aromatic heterocycles. The summed E-state index contributed by atoms with van der Waals surface area (Å²) in [5.74, 6) is 4.02. The highest BCUT2D eigenvalue weighted by atomic mass is 79.9. The highest BCUT2D eigenvalue weighted by molar-refractivity contribution is 9.10. The Morgan fingerprint density at radius 1 is 1.53 bits per heavy atom. The lowest BCUT2D eigenvalue weighted by atomic mass is 9.80. The van der Waals surface area contributed by atoms with Crippen LogP contribution in [-0.4, -0.2) is 30.8 Å². The molecule has 19 heavy (non-hydrogen) atoms. The van der Waals surface area contributed by atoms with E-state index in [1.807, 2.05) is 24.9 Å². The fraction of sp³-hybridized carbons (Fsp3) is 0.714. The van der Waals surface area contributed by atoms with Crippen LogP contribution in [0.15, 0.2) is 21.2 Å². The van der Waals surface area contributed by atoms with Crippen molar-refractivity contribution in [2.45, 2.75) is 30.9 Å². The van der Waals surface area contributed by atoms with Gasteiger partial charge in [0.15, 0.2) is 4.67 Å². The third kappa shape index (κ3) is 2.89. The number of hydrogen-bond donors (Lipinski definition) is 1. The number of ether oxygens (including phenoxy) is 1. The molecule has 0 aliphatic carbocycles. The topological polar surface area (TPSA) is 34.4 Å². The molecule has 0 amide bonds. The minimum absolute atomic E-state index is 0.131. The molecule has 3 rings (SSSR count). The van der Waals surface area contributed by atoms with Gasteiger partial charge >= 0.3 is 0 Å². The van der Waals surface area contributed by atoms with Crippen molar-refractivity contribution < 1.29 is 9.15 Å². The average Bonchev–Trinajstić information content (AvgIpc) is 3.01. The third-order valence-corrected chi connectivity index (χ3v) is 5.93. The zero-order chi connectivity index (χ0) is 13.3. The van der Waals surface area contributed by atoms with E-state index in [1.165, 1.54) is 12.2 Å². The van der Waals surface area contributed by atoms with Gasteiger partial charge in [-0.3, -0.25) is 0 Å². The van der Waals surface area contributed by atoms with Crippen molar-refractivity contribution in [1.82, 2.24) is 5.32 Å². The van der Waals surface area contributed by atoms with Crippen molar-refractivity contribution >= 4 is 27.7 Å². The molecular formula is C14H20BrNO2S. The molecule has 0 radical (unpaired) electrons. The van der Waals surface area contributed by atoms with Crippen LogP contribution in [0.4, 0.5) is 0 Å². The predicted octanol–water partition coefficient (Wildman–Crippen LogP) is 3.60. The average molecular weight is 346 g/mol. The van der Waals surface area contributed by atoms with Crippen molar-refractivity contribution in [3.63, 3.8) is 0 Å². The van der Waals surface area contributed by atoms with Crippen molar-refractivity contribution in [1.29, 1.82) is 0 Å². The SMILES string of the molecule is CNC(c1ccc(Br)o1)C1CCOC2(CCSC2)C1. The highest BCUT2D eigenvalue weighted by Gasteiger charge is 2.43. The largest absolute Gasteiger partial charge is 0.453 e. The van der Waals surface area contributed by atoms with E-state index >= 15 is 0 Å². The summed E-state index contributed by atoms with van der Waals surface area (Å²) < 4.78 is 12.7. The van der Waals surface area contributed by atoms with Crippen LogP contribution in [0.1, 0.15) is 31.1 Å². The molecule has 2 fully saturated rings. The van der Waals surface area contributed by atoms with Crippen LogP contribution in [0.2, 0.25) is 0 Å². The van der Waals surface area contributed by atoms with Gasteiger partial charge in [0, 0.05) is 12.4 Å². The second-order valence-corrected chi connectivity index (χ2v) is 7.38. The van der Waals surface area contributed by atoms with Crippen LogP contribution in [0.25, 0.3) is 0 Å². The Kier molecular flexibility index (Phi) is 4.27. The first-order valence-corrected chi connectivity index (χ1v) is 8.81. The maximum Gasteiger partial charge on any atom is 0.169 e. The fourth-order valence-corrected chi connectivity index (χ4v) is 5.02. The van der Waals surface area contributed by atoms with Crippen molar-refractivity contribution in [3.8, 4) is 0 Å². The van der Waals surface area contributed by atoms with Crippen molar-refractivity contribution in [2.24, 2.45) is 5.92 Å². The summed E-state index contributed by atoms with van der Waals surface area (Å²) in [6.45, 7) is 0.880. The van der Waals surface area contributed by atoms with E-state index in [4.69, 9.17) is 9.15 Å². The lowest BCUT2D eigenvalue weighted by molar-refractivity contribution is -0.0860. The molecule has 2 aliphatic heterocycles. The van der Waals surface area contributed by atoms with Crippen LogP contribution in [-0.2, 0) is 4.74 Å². The van der Waals surface area contributed by atoms with Gasteiger partial charge in [-0.1, -0.05) is 0 Å². The van der Waals surface area contributed by atoms with Crippen molar-refractivity contribution in [2.75, 3.05) is 25.2 Å².